The van der Waals surface area contributed by atoms with E-state index in [1.54, 1.807) is 56.5 Å². The van der Waals surface area contributed by atoms with Crippen molar-refractivity contribution in [2.24, 2.45) is 10.1 Å². The van der Waals surface area contributed by atoms with Crippen molar-refractivity contribution in [2.45, 2.75) is 4.90 Å². The summed E-state index contributed by atoms with van der Waals surface area (Å²) in [4.78, 5) is 8.69. The molecule has 0 saturated carbocycles. The Balaban J connectivity index is 1.56. The lowest BCUT2D eigenvalue weighted by Gasteiger charge is -2.26. The highest BCUT2D eigenvalue weighted by molar-refractivity contribution is 7.89. The smallest absolute Gasteiger partial charge is 0.243 e. The Kier molecular flexibility index (Phi) is 8.35. The van der Waals surface area contributed by atoms with Gasteiger partial charge < -0.3 is 23.9 Å². The molecule has 0 unspecified atom stereocenters. The summed E-state index contributed by atoms with van der Waals surface area (Å²) in [5, 5.41) is 6.64. The lowest BCUT2D eigenvalue weighted by atomic mass is 10.1. The van der Waals surface area contributed by atoms with Crippen LogP contribution in [0.1, 0.15) is 5.69 Å². The number of ether oxygens (including phenoxy) is 4. The van der Waals surface area contributed by atoms with Gasteiger partial charge in [0.05, 0.1) is 62.7 Å². The van der Waals surface area contributed by atoms with Crippen LogP contribution in [0.15, 0.2) is 75.1 Å². The number of nitrogens with one attached hydrogen (secondary N) is 1. The largest absolute Gasteiger partial charge is 0.493 e. The predicted octanol–water partition coefficient (Wildman–Crippen LogP) is 3.71. The van der Waals surface area contributed by atoms with Crippen molar-refractivity contribution in [2.75, 3.05) is 47.6 Å². The summed E-state index contributed by atoms with van der Waals surface area (Å²) in [5.41, 5.74) is 2.93. The van der Waals surface area contributed by atoms with E-state index in [1.165, 1.54) is 15.6 Å². The monoisotopic (exact) mass is 583 g/mol. The van der Waals surface area contributed by atoms with Crippen LogP contribution in [0.25, 0.3) is 11.3 Å². The summed E-state index contributed by atoms with van der Waals surface area (Å²) in [5.74, 6) is 1.51. The number of hydrogen-bond donors (Lipinski definition) is 1. The Hall–Kier alpha value is -3.91. The molecular formula is C27H29N5O6S2. The minimum Gasteiger partial charge on any atom is -0.493 e. The average Bonchev–Trinajstić information content (AvgIpc) is 3.66. The first-order valence-corrected chi connectivity index (χ1v) is 14.7. The van der Waals surface area contributed by atoms with E-state index in [0.29, 0.717) is 54.0 Å². The number of hydrogen-bond acceptors (Lipinski definition) is 9. The molecule has 0 atom stereocenters. The number of H-pyrrole nitrogens is 1. The van der Waals surface area contributed by atoms with Crippen LogP contribution in [0, 0.1) is 0 Å². The predicted molar refractivity (Wildman–Crippen MR) is 152 cm³/mol. The number of nitrogens with zero attached hydrogens (tertiary/aromatic N) is 4. The van der Waals surface area contributed by atoms with E-state index in [-0.39, 0.29) is 4.90 Å². The van der Waals surface area contributed by atoms with Crippen molar-refractivity contribution >= 4 is 33.3 Å². The molecule has 210 valence electrons. The number of rotatable bonds is 9. The first-order valence-electron chi connectivity index (χ1n) is 12.4. The van der Waals surface area contributed by atoms with Crippen molar-refractivity contribution in [3.63, 3.8) is 0 Å². The van der Waals surface area contributed by atoms with E-state index in [4.69, 9.17) is 29.0 Å². The van der Waals surface area contributed by atoms with Gasteiger partial charge in [-0.2, -0.15) is 9.41 Å². The Bertz CT molecular complexity index is 1630. The van der Waals surface area contributed by atoms with Gasteiger partial charge in [0.25, 0.3) is 0 Å². The third-order valence-corrected chi connectivity index (χ3v) is 8.98. The standard InChI is InChI=1S/C27H29N5O6S2/c1-35-24-15-19(16-25(36-2)26(24)37-3)23-18-39-27(32(23)29-17-21-5-4-10-28-21)30-20-6-8-22(9-7-20)40(33,34)31-11-13-38-14-12-31/h4-10,15-18,28H,11-14H2,1-3H3. The summed E-state index contributed by atoms with van der Waals surface area (Å²) in [6.45, 7) is 1.46. The van der Waals surface area contributed by atoms with E-state index >= 15 is 0 Å². The summed E-state index contributed by atoms with van der Waals surface area (Å²) in [6, 6.07) is 14.0. The molecule has 1 aliphatic heterocycles. The lowest BCUT2D eigenvalue weighted by molar-refractivity contribution is 0.0730. The first-order chi connectivity index (χ1) is 19.4. The molecule has 11 nitrogen and oxygen atoms in total. The fourth-order valence-corrected chi connectivity index (χ4v) is 6.46. The van der Waals surface area contributed by atoms with Crippen LogP contribution < -0.4 is 19.0 Å². The normalized spacial score (nSPS) is 15.0. The maximum atomic E-state index is 13.0. The van der Waals surface area contributed by atoms with Crippen LogP contribution >= 0.6 is 11.3 Å². The summed E-state index contributed by atoms with van der Waals surface area (Å²) in [7, 11) is 1.09. The Morgan fingerprint density at radius 1 is 1.00 bits per heavy atom. The molecule has 0 bridgehead atoms. The van der Waals surface area contributed by atoms with Crippen molar-refractivity contribution < 1.29 is 27.4 Å². The number of aromatic amines is 1. The molecule has 0 aliphatic carbocycles. The van der Waals surface area contributed by atoms with Gasteiger partial charge in [0.2, 0.25) is 20.6 Å². The second-order valence-electron chi connectivity index (χ2n) is 8.62. The van der Waals surface area contributed by atoms with Crippen LogP contribution in [0.2, 0.25) is 0 Å². The fourth-order valence-electron chi connectivity index (χ4n) is 4.20. The third kappa shape index (κ3) is 5.68. The van der Waals surface area contributed by atoms with Gasteiger partial charge >= 0.3 is 0 Å². The molecule has 5 rings (SSSR count). The highest BCUT2D eigenvalue weighted by Gasteiger charge is 2.26. The zero-order chi connectivity index (χ0) is 28.1. The maximum absolute atomic E-state index is 13.0. The van der Waals surface area contributed by atoms with Crippen molar-refractivity contribution in [1.82, 2.24) is 14.0 Å². The molecule has 1 aliphatic rings. The van der Waals surface area contributed by atoms with Crippen molar-refractivity contribution in [1.29, 1.82) is 0 Å². The van der Waals surface area contributed by atoms with E-state index in [9.17, 15) is 8.42 Å². The van der Waals surface area contributed by atoms with E-state index in [1.807, 2.05) is 35.8 Å². The molecule has 2 aromatic carbocycles. The van der Waals surface area contributed by atoms with Crippen LogP contribution in [0.4, 0.5) is 5.69 Å². The molecule has 2 aromatic heterocycles. The van der Waals surface area contributed by atoms with Gasteiger partial charge in [0, 0.05) is 30.2 Å². The molecule has 1 fully saturated rings. The average molecular weight is 584 g/mol. The number of thiazole rings is 1. The van der Waals surface area contributed by atoms with E-state index < -0.39 is 10.0 Å². The second-order valence-corrected chi connectivity index (χ2v) is 11.4. The highest BCUT2D eigenvalue weighted by Crippen LogP contribution is 2.41. The molecule has 0 radical (unpaired) electrons. The molecule has 1 saturated heterocycles. The molecule has 13 heteroatoms. The van der Waals surface area contributed by atoms with Gasteiger partial charge in [-0.25, -0.2) is 18.1 Å². The maximum Gasteiger partial charge on any atom is 0.243 e. The SMILES string of the molecule is COc1cc(-c2csc(=Nc3ccc(S(=O)(=O)N4CCOCC4)cc3)n2N=Cc2ccc[nH]2)cc(OC)c1OC. The molecule has 40 heavy (non-hydrogen) atoms. The number of methoxy groups -OCH3 is 3. The lowest BCUT2D eigenvalue weighted by Crippen LogP contribution is -2.40. The van der Waals surface area contributed by atoms with Gasteiger partial charge in [-0.15, -0.1) is 11.3 Å². The summed E-state index contributed by atoms with van der Waals surface area (Å²) < 4.78 is 51.0. The van der Waals surface area contributed by atoms with Gasteiger partial charge in [-0.05, 0) is 48.5 Å². The minimum absolute atomic E-state index is 0.218. The molecular weight excluding hydrogens is 554 g/mol. The van der Waals surface area contributed by atoms with Gasteiger partial charge in [0.15, 0.2) is 11.5 Å². The number of morpholine rings is 1. The van der Waals surface area contributed by atoms with E-state index in [2.05, 4.69) is 4.98 Å². The van der Waals surface area contributed by atoms with Crippen molar-refractivity contribution in [3.8, 4) is 28.5 Å². The van der Waals surface area contributed by atoms with Crippen LogP contribution in [0.5, 0.6) is 17.2 Å². The molecule has 0 amide bonds. The van der Waals surface area contributed by atoms with Gasteiger partial charge in [-0.3, -0.25) is 0 Å². The molecule has 0 spiro atoms. The second kappa shape index (κ2) is 12.1. The van der Waals surface area contributed by atoms with Crippen LogP contribution in [0.3, 0.4) is 0 Å². The Morgan fingerprint density at radius 2 is 1.70 bits per heavy atom. The zero-order valence-electron chi connectivity index (χ0n) is 22.2. The third-order valence-electron chi connectivity index (χ3n) is 6.25. The highest BCUT2D eigenvalue weighted by atomic mass is 32.2. The topological polar surface area (TPSA) is 120 Å². The molecule has 1 N–H and O–H groups in total. The first kappa shape index (κ1) is 27.6. The fraction of sp³-hybridized carbons (Fsp3) is 0.259. The Labute approximate surface area is 236 Å². The van der Waals surface area contributed by atoms with E-state index in [0.717, 1.165) is 17.0 Å². The Morgan fingerprint density at radius 3 is 2.30 bits per heavy atom. The number of benzene rings is 2. The van der Waals surface area contributed by atoms with Gasteiger partial charge in [0.1, 0.15) is 0 Å². The van der Waals surface area contributed by atoms with Crippen LogP contribution in [-0.2, 0) is 14.8 Å². The zero-order valence-corrected chi connectivity index (χ0v) is 23.9. The quantitative estimate of drug-likeness (QED) is 0.300. The number of sulfonamides is 1. The van der Waals surface area contributed by atoms with Gasteiger partial charge in [-0.1, -0.05) is 0 Å². The minimum atomic E-state index is -3.60. The molecule has 3 heterocycles. The summed E-state index contributed by atoms with van der Waals surface area (Å²) in [6.07, 6.45) is 3.52. The van der Waals surface area contributed by atoms with Crippen LogP contribution in [-0.4, -0.2) is 76.2 Å². The molecule has 4 aromatic rings. The van der Waals surface area contributed by atoms with Crippen molar-refractivity contribution in [3.05, 3.63) is 70.6 Å². The number of aromatic nitrogens is 2. The summed E-state index contributed by atoms with van der Waals surface area (Å²) >= 11 is 1.39.